The molecule has 3 rings (SSSR count). The van der Waals surface area contributed by atoms with Crippen LogP contribution in [0.3, 0.4) is 0 Å². The SMILES string of the molecule is FC(F)n1ccnc1CN1CCCC(Nc2ccccc2)C1. The predicted octanol–water partition coefficient (Wildman–Crippen LogP) is 3.35. The molecule has 0 aliphatic carbocycles. The first-order valence-corrected chi connectivity index (χ1v) is 7.56. The van der Waals surface area contributed by atoms with Gasteiger partial charge in [-0.1, -0.05) is 18.2 Å². The molecule has 1 aromatic carbocycles. The first-order chi connectivity index (χ1) is 10.7. The van der Waals surface area contributed by atoms with E-state index in [4.69, 9.17) is 0 Å². The van der Waals surface area contributed by atoms with Gasteiger partial charge >= 0.3 is 6.55 Å². The van der Waals surface area contributed by atoms with Gasteiger partial charge in [0.15, 0.2) is 0 Å². The van der Waals surface area contributed by atoms with Crippen molar-refractivity contribution >= 4 is 5.69 Å². The number of nitrogens with one attached hydrogen (secondary N) is 1. The standard InChI is InChI=1S/C16H20F2N4/c17-16(18)22-10-8-19-15(22)12-21-9-4-7-14(11-21)20-13-5-2-1-3-6-13/h1-3,5-6,8,10,14,16,20H,4,7,9,11-12H2. The van der Waals surface area contributed by atoms with Crippen molar-refractivity contribution in [3.8, 4) is 0 Å². The van der Waals surface area contributed by atoms with E-state index >= 15 is 0 Å². The number of anilines is 1. The van der Waals surface area contributed by atoms with Gasteiger partial charge in [-0.15, -0.1) is 0 Å². The van der Waals surface area contributed by atoms with E-state index in [1.54, 1.807) is 0 Å². The van der Waals surface area contributed by atoms with Crippen molar-refractivity contribution in [2.24, 2.45) is 0 Å². The van der Waals surface area contributed by atoms with E-state index in [2.05, 4.69) is 15.2 Å². The largest absolute Gasteiger partial charge is 0.381 e. The third-order valence-corrected chi connectivity index (χ3v) is 3.97. The van der Waals surface area contributed by atoms with Crippen LogP contribution in [0.4, 0.5) is 14.5 Å². The second-order valence-electron chi connectivity index (χ2n) is 5.61. The van der Waals surface area contributed by atoms with Crippen LogP contribution in [-0.2, 0) is 6.54 Å². The number of piperidine rings is 1. The minimum absolute atomic E-state index is 0.339. The topological polar surface area (TPSA) is 33.1 Å². The summed E-state index contributed by atoms with van der Waals surface area (Å²) in [4.78, 5) is 6.25. The zero-order valence-electron chi connectivity index (χ0n) is 12.3. The van der Waals surface area contributed by atoms with E-state index in [0.717, 1.165) is 36.2 Å². The lowest BCUT2D eigenvalue weighted by molar-refractivity contribution is 0.0630. The van der Waals surface area contributed by atoms with Crippen molar-refractivity contribution in [3.05, 3.63) is 48.5 Å². The number of rotatable bonds is 5. The van der Waals surface area contributed by atoms with Gasteiger partial charge in [-0.3, -0.25) is 9.47 Å². The van der Waals surface area contributed by atoms with Crippen LogP contribution in [0.25, 0.3) is 0 Å². The van der Waals surface area contributed by atoms with Crippen LogP contribution in [0.1, 0.15) is 25.2 Å². The molecule has 2 aromatic rings. The lowest BCUT2D eigenvalue weighted by atomic mass is 10.1. The molecule has 1 unspecified atom stereocenters. The highest BCUT2D eigenvalue weighted by Crippen LogP contribution is 2.19. The number of aromatic nitrogens is 2. The molecule has 1 fully saturated rings. The quantitative estimate of drug-likeness (QED) is 0.919. The number of hydrogen-bond acceptors (Lipinski definition) is 3. The minimum Gasteiger partial charge on any atom is -0.381 e. The Morgan fingerprint density at radius 2 is 2.09 bits per heavy atom. The van der Waals surface area contributed by atoms with Crippen LogP contribution in [-0.4, -0.2) is 33.6 Å². The summed E-state index contributed by atoms with van der Waals surface area (Å²) in [5.41, 5.74) is 1.10. The van der Waals surface area contributed by atoms with Crippen molar-refractivity contribution in [1.29, 1.82) is 0 Å². The zero-order chi connectivity index (χ0) is 15.4. The molecule has 1 aromatic heterocycles. The molecule has 118 valence electrons. The second kappa shape index (κ2) is 6.87. The second-order valence-corrected chi connectivity index (χ2v) is 5.61. The fourth-order valence-electron chi connectivity index (χ4n) is 2.93. The Hall–Kier alpha value is -1.95. The molecule has 4 nitrogen and oxygen atoms in total. The first-order valence-electron chi connectivity index (χ1n) is 7.56. The van der Waals surface area contributed by atoms with Crippen molar-refractivity contribution in [3.63, 3.8) is 0 Å². The molecule has 0 radical (unpaired) electrons. The highest BCUT2D eigenvalue weighted by molar-refractivity contribution is 5.43. The molecule has 1 N–H and O–H groups in total. The van der Waals surface area contributed by atoms with Crippen LogP contribution < -0.4 is 5.32 Å². The lowest BCUT2D eigenvalue weighted by Gasteiger charge is -2.33. The van der Waals surface area contributed by atoms with Crippen LogP contribution >= 0.6 is 0 Å². The molecule has 0 saturated carbocycles. The van der Waals surface area contributed by atoms with Crippen molar-refractivity contribution in [2.45, 2.75) is 32.0 Å². The molecule has 0 amide bonds. The summed E-state index contributed by atoms with van der Waals surface area (Å²) >= 11 is 0. The molecule has 1 saturated heterocycles. The van der Waals surface area contributed by atoms with Crippen molar-refractivity contribution in [1.82, 2.24) is 14.5 Å². The Bertz CT molecular complexity index is 585. The summed E-state index contributed by atoms with van der Waals surface area (Å²) in [5.74, 6) is 0.426. The van der Waals surface area contributed by atoms with Gasteiger partial charge in [0.2, 0.25) is 0 Å². The monoisotopic (exact) mass is 306 g/mol. The average molecular weight is 306 g/mol. The normalized spacial score (nSPS) is 19.5. The lowest BCUT2D eigenvalue weighted by Crippen LogP contribution is -2.42. The number of para-hydroxylation sites is 1. The Morgan fingerprint density at radius 3 is 2.86 bits per heavy atom. The van der Waals surface area contributed by atoms with E-state index in [1.165, 1.54) is 12.4 Å². The van der Waals surface area contributed by atoms with Crippen molar-refractivity contribution < 1.29 is 8.78 Å². The summed E-state index contributed by atoms with van der Waals surface area (Å²) in [6, 6.07) is 10.4. The van der Waals surface area contributed by atoms with Gasteiger partial charge in [0.25, 0.3) is 0 Å². The third-order valence-electron chi connectivity index (χ3n) is 3.97. The Kier molecular flexibility index (Phi) is 4.68. The molecular weight excluding hydrogens is 286 g/mol. The minimum atomic E-state index is -2.53. The summed E-state index contributed by atoms with van der Waals surface area (Å²) in [6.45, 7) is -0.307. The van der Waals surface area contributed by atoms with Crippen LogP contribution in [0.5, 0.6) is 0 Å². The number of alkyl halides is 2. The van der Waals surface area contributed by atoms with Crippen molar-refractivity contribution in [2.75, 3.05) is 18.4 Å². The average Bonchev–Trinajstić information content (AvgIpc) is 2.97. The molecule has 0 spiro atoms. The van der Waals surface area contributed by atoms with Gasteiger partial charge in [-0.05, 0) is 31.5 Å². The van der Waals surface area contributed by atoms with Gasteiger partial charge in [0, 0.05) is 30.7 Å². The fourth-order valence-corrected chi connectivity index (χ4v) is 2.93. The maximum Gasteiger partial charge on any atom is 0.319 e. The smallest absolute Gasteiger partial charge is 0.319 e. The number of likely N-dealkylation sites (tertiary alicyclic amines) is 1. The molecular formula is C16H20F2N4. The van der Waals surface area contributed by atoms with E-state index in [0.29, 0.717) is 18.4 Å². The molecule has 1 aliphatic heterocycles. The van der Waals surface area contributed by atoms with E-state index < -0.39 is 6.55 Å². The van der Waals surface area contributed by atoms with Gasteiger partial charge in [0.05, 0.1) is 6.54 Å². The summed E-state index contributed by atoms with van der Waals surface area (Å²) in [7, 11) is 0. The summed E-state index contributed by atoms with van der Waals surface area (Å²) in [6.07, 6.45) is 4.92. The molecule has 22 heavy (non-hydrogen) atoms. The number of hydrogen-bond donors (Lipinski definition) is 1. The van der Waals surface area contributed by atoms with Crippen LogP contribution in [0, 0.1) is 0 Å². The first kappa shape index (κ1) is 15.0. The molecule has 6 heteroatoms. The third kappa shape index (κ3) is 3.62. The van der Waals surface area contributed by atoms with Gasteiger partial charge in [0.1, 0.15) is 5.82 Å². The van der Waals surface area contributed by atoms with Gasteiger partial charge < -0.3 is 5.32 Å². The predicted molar refractivity (Wildman–Crippen MR) is 81.8 cm³/mol. The van der Waals surface area contributed by atoms with E-state index in [9.17, 15) is 8.78 Å². The summed E-state index contributed by atoms with van der Waals surface area (Å²) in [5, 5.41) is 3.51. The molecule has 2 heterocycles. The number of imidazole rings is 1. The Labute approximate surface area is 128 Å². The van der Waals surface area contributed by atoms with Gasteiger partial charge in [-0.25, -0.2) is 4.98 Å². The Morgan fingerprint density at radius 1 is 1.27 bits per heavy atom. The maximum atomic E-state index is 12.9. The number of benzene rings is 1. The summed E-state index contributed by atoms with van der Waals surface area (Å²) < 4.78 is 26.7. The van der Waals surface area contributed by atoms with Gasteiger partial charge in [-0.2, -0.15) is 8.78 Å². The van der Waals surface area contributed by atoms with Crippen LogP contribution in [0.2, 0.25) is 0 Å². The number of nitrogens with zero attached hydrogens (tertiary/aromatic N) is 3. The van der Waals surface area contributed by atoms with E-state index in [1.807, 2.05) is 30.3 Å². The van der Waals surface area contributed by atoms with Crippen LogP contribution in [0.15, 0.2) is 42.7 Å². The Balaban J connectivity index is 1.60. The van der Waals surface area contributed by atoms with E-state index in [-0.39, 0.29) is 0 Å². The highest BCUT2D eigenvalue weighted by Gasteiger charge is 2.22. The molecule has 0 bridgehead atoms. The number of halogens is 2. The zero-order valence-corrected chi connectivity index (χ0v) is 12.3. The maximum absolute atomic E-state index is 12.9. The highest BCUT2D eigenvalue weighted by atomic mass is 19.3. The molecule has 1 aliphatic rings. The molecule has 1 atom stereocenters. The fraction of sp³-hybridized carbons (Fsp3) is 0.438.